The molecule has 1 nitrogen and oxygen atoms in total. The molecule has 0 N–H and O–H groups in total. The number of aromatic nitrogens is 1. The van der Waals surface area contributed by atoms with E-state index in [1.165, 1.54) is 41.5 Å². The molecule has 0 amide bonds. The molecule has 2 heteroatoms. The third-order valence-corrected chi connectivity index (χ3v) is 6.35. The molecule has 23 heavy (non-hydrogen) atoms. The molecule has 0 saturated heterocycles. The van der Waals surface area contributed by atoms with E-state index >= 15 is 0 Å². The van der Waals surface area contributed by atoms with Crippen molar-refractivity contribution in [2.75, 3.05) is 0 Å². The van der Waals surface area contributed by atoms with Gasteiger partial charge in [-0.1, -0.05) is 50.2 Å². The molecule has 1 heterocycles. The summed E-state index contributed by atoms with van der Waals surface area (Å²) in [5.41, 5.74) is 4.39. The summed E-state index contributed by atoms with van der Waals surface area (Å²) in [6.45, 7) is 4.80. The third-order valence-electron chi connectivity index (χ3n) is 5.26. The number of thiazole rings is 1. The van der Waals surface area contributed by atoms with Crippen molar-refractivity contribution >= 4 is 21.6 Å². The van der Waals surface area contributed by atoms with Crippen molar-refractivity contribution in [3.8, 4) is 10.6 Å². The molecule has 0 atom stereocenters. The molecule has 1 fully saturated rings. The SMILES string of the molecule is CC1(C)CCC(c2ccc(-c3nc4ccccc4s3)cc2)CC1. The van der Waals surface area contributed by atoms with Crippen LogP contribution in [0.1, 0.15) is 51.0 Å². The second-order valence-corrected chi connectivity index (χ2v) is 8.58. The molecule has 4 rings (SSSR count). The predicted molar refractivity (Wildman–Crippen MR) is 100 cm³/mol. The van der Waals surface area contributed by atoms with Crippen LogP contribution in [0.2, 0.25) is 0 Å². The first-order valence-electron chi connectivity index (χ1n) is 8.57. The molecular weight excluding hydrogens is 298 g/mol. The van der Waals surface area contributed by atoms with Crippen molar-refractivity contribution in [1.82, 2.24) is 4.98 Å². The highest BCUT2D eigenvalue weighted by atomic mass is 32.1. The zero-order valence-electron chi connectivity index (χ0n) is 13.9. The van der Waals surface area contributed by atoms with Crippen molar-refractivity contribution in [1.29, 1.82) is 0 Å². The number of benzene rings is 2. The maximum atomic E-state index is 4.76. The number of fused-ring (bicyclic) bond motifs is 1. The van der Waals surface area contributed by atoms with Gasteiger partial charge in [-0.3, -0.25) is 0 Å². The van der Waals surface area contributed by atoms with Gasteiger partial charge in [0.15, 0.2) is 0 Å². The Bertz CT molecular complexity index is 770. The van der Waals surface area contributed by atoms with Gasteiger partial charge in [0.1, 0.15) is 5.01 Å². The van der Waals surface area contributed by atoms with E-state index in [0.29, 0.717) is 5.41 Å². The van der Waals surface area contributed by atoms with Gasteiger partial charge in [-0.15, -0.1) is 11.3 Å². The van der Waals surface area contributed by atoms with Gasteiger partial charge in [-0.05, 0) is 54.7 Å². The Balaban J connectivity index is 1.56. The van der Waals surface area contributed by atoms with Crippen molar-refractivity contribution < 1.29 is 0 Å². The minimum absolute atomic E-state index is 0.539. The van der Waals surface area contributed by atoms with Gasteiger partial charge < -0.3 is 0 Å². The second kappa shape index (κ2) is 5.76. The first-order chi connectivity index (χ1) is 11.1. The van der Waals surface area contributed by atoms with Crippen LogP contribution in [0.4, 0.5) is 0 Å². The molecule has 2 aromatic carbocycles. The molecule has 3 aromatic rings. The van der Waals surface area contributed by atoms with Gasteiger partial charge in [0.05, 0.1) is 10.2 Å². The van der Waals surface area contributed by atoms with E-state index in [1.54, 1.807) is 11.3 Å². The number of hydrogen-bond acceptors (Lipinski definition) is 2. The lowest BCUT2D eigenvalue weighted by atomic mass is 9.71. The third kappa shape index (κ3) is 3.05. The fourth-order valence-electron chi connectivity index (χ4n) is 3.63. The zero-order chi connectivity index (χ0) is 15.9. The van der Waals surface area contributed by atoms with E-state index in [-0.39, 0.29) is 0 Å². The number of hydrogen-bond donors (Lipinski definition) is 0. The van der Waals surface area contributed by atoms with Crippen LogP contribution in [-0.2, 0) is 0 Å². The Labute approximate surface area is 142 Å². The first kappa shape index (κ1) is 14.9. The quantitative estimate of drug-likeness (QED) is 0.515. The first-order valence-corrected chi connectivity index (χ1v) is 9.38. The van der Waals surface area contributed by atoms with E-state index in [0.717, 1.165) is 16.4 Å². The molecule has 1 saturated carbocycles. The van der Waals surface area contributed by atoms with Crippen LogP contribution in [-0.4, -0.2) is 4.98 Å². The van der Waals surface area contributed by atoms with Crippen LogP contribution in [0.25, 0.3) is 20.8 Å². The fraction of sp³-hybridized carbons (Fsp3) is 0.381. The van der Waals surface area contributed by atoms with Crippen LogP contribution in [0.3, 0.4) is 0 Å². The van der Waals surface area contributed by atoms with Gasteiger partial charge in [0, 0.05) is 5.56 Å². The lowest BCUT2D eigenvalue weighted by Crippen LogP contribution is -2.20. The maximum absolute atomic E-state index is 4.76. The van der Waals surface area contributed by atoms with Crippen molar-refractivity contribution in [3.63, 3.8) is 0 Å². The Hall–Kier alpha value is -1.67. The molecule has 1 aliphatic carbocycles. The lowest BCUT2D eigenvalue weighted by Gasteiger charge is -2.34. The Morgan fingerprint density at radius 1 is 0.957 bits per heavy atom. The van der Waals surface area contributed by atoms with Gasteiger partial charge in [-0.25, -0.2) is 4.98 Å². The molecule has 0 aliphatic heterocycles. The lowest BCUT2D eigenvalue weighted by molar-refractivity contribution is 0.224. The average Bonchev–Trinajstić information content (AvgIpc) is 2.99. The molecule has 0 unspecified atom stereocenters. The van der Waals surface area contributed by atoms with Crippen LogP contribution in [0, 0.1) is 5.41 Å². The summed E-state index contributed by atoms with van der Waals surface area (Å²) in [5, 5.41) is 1.13. The second-order valence-electron chi connectivity index (χ2n) is 7.55. The molecule has 1 aromatic heterocycles. The predicted octanol–water partition coefficient (Wildman–Crippen LogP) is 6.65. The molecular formula is C21H23NS. The van der Waals surface area contributed by atoms with E-state index in [1.807, 2.05) is 0 Å². The summed E-state index contributed by atoms with van der Waals surface area (Å²) < 4.78 is 1.26. The Morgan fingerprint density at radius 2 is 1.65 bits per heavy atom. The van der Waals surface area contributed by atoms with Gasteiger partial charge in [0.2, 0.25) is 0 Å². The average molecular weight is 321 g/mol. The number of nitrogens with zero attached hydrogens (tertiary/aromatic N) is 1. The van der Waals surface area contributed by atoms with Crippen LogP contribution >= 0.6 is 11.3 Å². The van der Waals surface area contributed by atoms with Gasteiger partial charge >= 0.3 is 0 Å². The molecule has 1 aliphatic rings. The summed E-state index contributed by atoms with van der Waals surface area (Å²) >= 11 is 1.78. The molecule has 0 spiro atoms. The Kier molecular flexibility index (Phi) is 3.73. The summed E-state index contributed by atoms with van der Waals surface area (Å²) in [5.74, 6) is 0.743. The van der Waals surface area contributed by atoms with E-state index in [9.17, 15) is 0 Å². The Morgan fingerprint density at radius 3 is 2.35 bits per heavy atom. The van der Waals surface area contributed by atoms with Gasteiger partial charge in [0.25, 0.3) is 0 Å². The van der Waals surface area contributed by atoms with Crippen molar-refractivity contribution in [2.24, 2.45) is 5.41 Å². The molecule has 0 bridgehead atoms. The van der Waals surface area contributed by atoms with Crippen molar-refractivity contribution in [2.45, 2.75) is 45.4 Å². The minimum Gasteiger partial charge on any atom is -0.236 e. The summed E-state index contributed by atoms with van der Waals surface area (Å²) in [4.78, 5) is 4.76. The highest BCUT2D eigenvalue weighted by Crippen LogP contribution is 2.42. The zero-order valence-corrected chi connectivity index (χ0v) is 14.7. The summed E-state index contributed by atoms with van der Waals surface area (Å²) in [6, 6.07) is 17.5. The van der Waals surface area contributed by atoms with E-state index in [2.05, 4.69) is 62.4 Å². The largest absolute Gasteiger partial charge is 0.236 e. The highest BCUT2D eigenvalue weighted by molar-refractivity contribution is 7.21. The van der Waals surface area contributed by atoms with Crippen LogP contribution in [0.15, 0.2) is 48.5 Å². The maximum Gasteiger partial charge on any atom is 0.124 e. The monoisotopic (exact) mass is 321 g/mol. The smallest absolute Gasteiger partial charge is 0.124 e. The summed E-state index contributed by atoms with van der Waals surface area (Å²) in [7, 11) is 0. The summed E-state index contributed by atoms with van der Waals surface area (Å²) in [6.07, 6.45) is 5.34. The van der Waals surface area contributed by atoms with Crippen molar-refractivity contribution in [3.05, 3.63) is 54.1 Å². The molecule has 118 valence electrons. The van der Waals surface area contributed by atoms with Gasteiger partial charge in [-0.2, -0.15) is 0 Å². The van der Waals surface area contributed by atoms with Crippen LogP contribution < -0.4 is 0 Å². The highest BCUT2D eigenvalue weighted by Gasteiger charge is 2.27. The molecule has 0 radical (unpaired) electrons. The number of rotatable bonds is 2. The standard InChI is InChI=1S/C21H23NS/c1-21(2)13-11-16(12-14-21)15-7-9-17(10-8-15)20-22-18-5-3-4-6-19(18)23-20/h3-10,16H,11-14H2,1-2H3. The van der Waals surface area contributed by atoms with E-state index in [4.69, 9.17) is 4.98 Å². The number of para-hydroxylation sites is 1. The topological polar surface area (TPSA) is 12.9 Å². The minimum atomic E-state index is 0.539. The normalized spacial score (nSPS) is 18.3. The fourth-order valence-corrected chi connectivity index (χ4v) is 4.60. The van der Waals surface area contributed by atoms with E-state index < -0.39 is 0 Å². The van der Waals surface area contributed by atoms with Crippen LogP contribution in [0.5, 0.6) is 0 Å².